The van der Waals surface area contributed by atoms with Gasteiger partial charge in [-0.15, -0.1) is 0 Å². The Balaban J connectivity index is 2.18. The van der Waals surface area contributed by atoms with E-state index in [-0.39, 0.29) is 16.9 Å². The summed E-state index contributed by atoms with van der Waals surface area (Å²) < 4.78 is 4.99. The lowest BCUT2D eigenvalue weighted by Gasteiger charge is -2.05. The molecule has 0 aliphatic carbocycles. The number of hydrogen-bond acceptors (Lipinski definition) is 3. The average molecular weight is 271 g/mol. The van der Waals surface area contributed by atoms with Crippen LogP contribution in [-0.4, -0.2) is 10.9 Å². The van der Waals surface area contributed by atoms with E-state index in [0.29, 0.717) is 16.5 Å². The second kappa shape index (κ2) is 4.77. The number of rotatable bonds is 2. The first-order chi connectivity index (χ1) is 8.06. The predicted molar refractivity (Wildman–Crippen MR) is 65.7 cm³/mol. The fourth-order valence-electron chi connectivity index (χ4n) is 1.28. The van der Waals surface area contributed by atoms with Gasteiger partial charge in [0.2, 0.25) is 0 Å². The van der Waals surface area contributed by atoms with Crippen molar-refractivity contribution in [1.82, 2.24) is 4.98 Å². The number of pyridine rings is 1. The van der Waals surface area contributed by atoms with E-state index in [1.807, 2.05) is 0 Å². The minimum atomic E-state index is -0.385. The second-order valence-electron chi connectivity index (χ2n) is 3.32. The van der Waals surface area contributed by atoms with Crippen molar-refractivity contribution in [2.24, 2.45) is 0 Å². The van der Waals surface area contributed by atoms with Crippen LogP contribution in [0.25, 0.3) is 0 Å². The number of hydrogen-bond donors (Lipinski definition) is 1. The highest BCUT2D eigenvalue weighted by Crippen LogP contribution is 2.18. The first-order valence-electron chi connectivity index (χ1n) is 4.76. The van der Waals surface area contributed by atoms with Gasteiger partial charge in [-0.25, -0.2) is 4.98 Å². The molecule has 6 heteroatoms. The highest BCUT2D eigenvalue weighted by molar-refractivity contribution is 6.29. The van der Waals surface area contributed by atoms with Gasteiger partial charge in [-0.05, 0) is 42.8 Å². The normalized spacial score (nSPS) is 10.3. The van der Waals surface area contributed by atoms with E-state index in [1.165, 1.54) is 12.1 Å². The molecule has 88 valence electrons. The van der Waals surface area contributed by atoms with E-state index in [2.05, 4.69) is 10.3 Å². The first kappa shape index (κ1) is 12.0. The molecule has 0 aliphatic rings. The Bertz CT molecular complexity index is 566. The third kappa shape index (κ3) is 2.78. The molecule has 1 N–H and O–H groups in total. The molecule has 4 nitrogen and oxygen atoms in total. The summed E-state index contributed by atoms with van der Waals surface area (Å²) in [6, 6.07) is 6.27. The molecule has 0 radical (unpaired) electrons. The van der Waals surface area contributed by atoms with Gasteiger partial charge in [0.15, 0.2) is 11.0 Å². The Morgan fingerprint density at radius 3 is 2.65 bits per heavy atom. The SMILES string of the molecule is Cc1nc(Cl)ccc1NC(=O)c1ccc(Cl)o1. The Labute approximate surface area is 108 Å². The van der Waals surface area contributed by atoms with Crippen LogP contribution in [0.5, 0.6) is 0 Å². The standard InChI is InChI=1S/C11H8Cl2N2O2/c1-6-7(2-4-9(12)14-6)15-11(16)8-3-5-10(13)17-8/h2-5H,1H3,(H,15,16). The maximum atomic E-state index is 11.7. The van der Waals surface area contributed by atoms with Crippen molar-refractivity contribution in [2.75, 3.05) is 5.32 Å². The third-order valence-corrected chi connectivity index (χ3v) is 2.51. The van der Waals surface area contributed by atoms with Gasteiger partial charge in [0.05, 0.1) is 11.4 Å². The molecule has 2 heterocycles. The van der Waals surface area contributed by atoms with Gasteiger partial charge < -0.3 is 9.73 Å². The molecule has 0 saturated carbocycles. The zero-order valence-electron chi connectivity index (χ0n) is 8.83. The maximum Gasteiger partial charge on any atom is 0.291 e. The zero-order chi connectivity index (χ0) is 12.4. The van der Waals surface area contributed by atoms with Crippen molar-refractivity contribution < 1.29 is 9.21 Å². The lowest BCUT2D eigenvalue weighted by atomic mass is 10.3. The fraction of sp³-hybridized carbons (Fsp3) is 0.0909. The Kier molecular flexibility index (Phi) is 3.36. The molecule has 0 atom stereocenters. The van der Waals surface area contributed by atoms with Gasteiger partial charge in [0, 0.05) is 0 Å². The second-order valence-corrected chi connectivity index (χ2v) is 4.08. The lowest BCUT2D eigenvalue weighted by Crippen LogP contribution is -2.12. The van der Waals surface area contributed by atoms with Crippen molar-refractivity contribution in [3.63, 3.8) is 0 Å². The third-order valence-electron chi connectivity index (χ3n) is 2.10. The number of carbonyl (C=O) groups is 1. The van der Waals surface area contributed by atoms with Gasteiger partial charge in [0.1, 0.15) is 5.15 Å². The average Bonchev–Trinajstić information content (AvgIpc) is 2.69. The van der Waals surface area contributed by atoms with Crippen LogP contribution in [0.3, 0.4) is 0 Å². The zero-order valence-corrected chi connectivity index (χ0v) is 10.3. The highest BCUT2D eigenvalue weighted by atomic mass is 35.5. The number of nitrogens with zero attached hydrogens (tertiary/aromatic N) is 1. The molecule has 2 aromatic rings. The summed E-state index contributed by atoms with van der Waals surface area (Å²) in [5.74, 6) is -0.242. The molecule has 0 bridgehead atoms. The molecule has 0 spiro atoms. The number of nitrogens with one attached hydrogen (secondary N) is 1. The van der Waals surface area contributed by atoms with E-state index in [9.17, 15) is 4.79 Å². The van der Waals surface area contributed by atoms with Crippen LogP contribution >= 0.6 is 23.2 Å². The lowest BCUT2D eigenvalue weighted by molar-refractivity contribution is 0.0996. The maximum absolute atomic E-state index is 11.7. The number of amides is 1. The number of furan rings is 1. The van der Waals surface area contributed by atoms with Gasteiger partial charge in [-0.3, -0.25) is 4.79 Å². The Morgan fingerprint density at radius 2 is 2.06 bits per heavy atom. The highest BCUT2D eigenvalue weighted by Gasteiger charge is 2.12. The van der Waals surface area contributed by atoms with Crippen molar-refractivity contribution in [2.45, 2.75) is 6.92 Å². The molecule has 17 heavy (non-hydrogen) atoms. The molecule has 0 saturated heterocycles. The molecule has 2 rings (SSSR count). The minimum Gasteiger partial charge on any atom is -0.440 e. The van der Waals surface area contributed by atoms with Gasteiger partial charge in [-0.1, -0.05) is 11.6 Å². The van der Waals surface area contributed by atoms with E-state index in [4.69, 9.17) is 27.6 Å². The monoisotopic (exact) mass is 270 g/mol. The molecule has 0 unspecified atom stereocenters. The smallest absolute Gasteiger partial charge is 0.291 e. The number of anilines is 1. The Morgan fingerprint density at radius 1 is 1.29 bits per heavy atom. The molecule has 0 aliphatic heterocycles. The van der Waals surface area contributed by atoms with Gasteiger partial charge in [-0.2, -0.15) is 0 Å². The Hall–Kier alpha value is -1.52. The molecule has 0 fully saturated rings. The van der Waals surface area contributed by atoms with E-state index in [0.717, 1.165) is 0 Å². The van der Waals surface area contributed by atoms with Crippen LogP contribution in [0.4, 0.5) is 5.69 Å². The number of halogens is 2. The summed E-state index contributed by atoms with van der Waals surface area (Å²) in [7, 11) is 0. The van der Waals surface area contributed by atoms with Gasteiger partial charge in [0.25, 0.3) is 5.91 Å². The largest absolute Gasteiger partial charge is 0.440 e. The number of aromatic nitrogens is 1. The summed E-state index contributed by atoms with van der Waals surface area (Å²) in [6.45, 7) is 1.75. The van der Waals surface area contributed by atoms with Crippen molar-refractivity contribution >= 4 is 34.8 Å². The number of carbonyl (C=O) groups excluding carboxylic acids is 1. The van der Waals surface area contributed by atoms with Gasteiger partial charge >= 0.3 is 0 Å². The topological polar surface area (TPSA) is 55.1 Å². The first-order valence-corrected chi connectivity index (χ1v) is 5.51. The summed E-state index contributed by atoms with van der Waals surface area (Å²) in [6.07, 6.45) is 0. The fourth-order valence-corrected chi connectivity index (χ4v) is 1.62. The molecule has 1 amide bonds. The van der Waals surface area contributed by atoms with Crippen LogP contribution < -0.4 is 5.32 Å². The molecule has 0 aromatic carbocycles. The van der Waals surface area contributed by atoms with Crippen LogP contribution in [-0.2, 0) is 0 Å². The summed E-state index contributed by atoms with van der Waals surface area (Å²) in [5.41, 5.74) is 1.20. The van der Waals surface area contributed by atoms with Crippen molar-refractivity contribution in [3.05, 3.63) is 46.1 Å². The van der Waals surface area contributed by atoms with E-state index < -0.39 is 0 Å². The van der Waals surface area contributed by atoms with Crippen LogP contribution in [0.15, 0.2) is 28.7 Å². The molecular weight excluding hydrogens is 263 g/mol. The van der Waals surface area contributed by atoms with Crippen LogP contribution in [0.1, 0.15) is 16.2 Å². The number of aryl methyl sites for hydroxylation is 1. The quantitative estimate of drug-likeness (QED) is 0.850. The van der Waals surface area contributed by atoms with E-state index in [1.54, 1.807) is 19.1 Å². The molecule has 2 aromatic heterocycles. The summed E-state index contributed by atoms with van der Waals surface area (Å²) in [4.78, 5) is 15.8. The minimum absolute atomic E-state index is 0.143. The summed E-state index contributed by atoms with van der Waals surface area (Å²) in [5, 5.41) is 3.20. The summed E-state index contributed by atoms with van der Waals surface area (Å²) >= 11 is 11.3. The molecular formula is C11H8Cl2N2O2. The van der Waals surface area contributed by atoms with Crippen molar-refractivity contribution in [3.8, 4) is 0 Å². The van der Waals surface area contributed by atoms with Crippen LogP contribution in [0.2, 0.25) is 10.4 Å². The van der Waals surface area contributed by atoms with E-state index >= 15 is 0 Å². The van der Waals surface area contributed by atoms with Crippen LogP contribution in [0, 0.1) is 6.92 Å². The van der Waals surface area contributed by atoms with Crippen molar-refractivity contribution in [1.29, 1.82) is 0 Å². The predicted octanol–water partition coefficient (Wildman–Crippen LogP) is 3.54.